The Balaban J connectivity index is 1.71. The maximum absolute atomic E-state index is 13.2. The van der Waals surface area contributed by atoms with Crippen molar-refractivity contribution in [1.82, 2.24) is 14.8 Å². The summed E-state index contributed by atoms with van der Waals surface area (Å²) in [5, 5.41) is 9.17. The number of benzene rings is 2. The van der Waals surface area contributed by atoms with Gasteiger partial charge in [0.25, 0.3) is 0 Å². The van der Waals surface area contributed by atoms with E-state index in [9.17, 15) is 4.79 Å². The zero-order chi connectivity index (χ0) is 25.7. The lowest BCUT2D eigenvalue weighted by Gasteiger charge is -2.28. The quantitative estimate of drug-likeness (QED) is 0.258. The van der Waals surface area contributed by atoms with Crippen LogP contribution in [-0.4, -0.2) is 40.2 Å². The molecule has 0 bridgehead atoms. The highest BCUT2D eigenvalue weighted by Crippen LogP contribution is 2.40. The van der Waals surface area contributed by atoms with E-state index in [1.807, 2.05) is 63.2 Å². The molecule has 3 aromatic rings. The zero-order valence-electron chi connectivity index (χ0n) is 20.7. The minimum Gasteiger partial charge on any atom is -0.493 e. The van der Waals surface area contributed by atoms with E-state index in [0.29, 0.717) is 52.1 Å². The Morgan fingerprint density at radius 3 is 2.72 bits per heavy atom. The molecule has 0 saturated carbocycles. The highest BCUT2D eigenvalue weighted by Gasteiger charge is 2.35. The van der Waals surface area contributed by atoms with Gasteiger partial charge >= 0.3 is 5.97 Å². The number of nitrogens with zero attached hydrogens (tertiary/aromatic N) is 3. The van der Waals surface area contributed by atoms with Crippen molar-refractivity contribution in [2.75, 3.05) is 24.8 Å². The molecule has 0 fully saturated rings. The predicted octanol–water partition coefficient (Wildman–Crippen LogP) is 5.87. The Bertz CT molecular complexity index is 1280. The lowest BCUT2D eigenvalue weighted by Crippen LogP contribution is -2.29. The third-order valence-electron chi connectivity index (χ3n) is 5.61. The maximum Gasteiger partial charge on any atom is 0.338 e. The first-order valence-corrected chi connectivity index (χ1v) is 13.1. The smallest absolute Gasteiger partial charge is 0.338 e. The molecular weight excluding hydrogens is 500 g/mol. The third kappa shape index (κ3) is 5.47. The van der Waals surface area contributed by atoms with Crippen molar-refractivity contribution in [3.8, 4) is 11.5 Å². The van der Waals surface area contributed by atoms with E-state index in [1.165, 1.54) is 11.8 Å². The molecule has 36 heavy (non-hydrogen) atoms. The third-order valence-corrected chi connectivity index (χ3v) is 6.70. The number of hydrogen-bond donors (Lipinski definition) is 1. The molecule has 8 nitrogen and oxygen atoms in total. The lowest BCUT2D eigenvalue weighted by atomic mass is 9.95. The van der Waals surface area contributed by atoms with Gasteiger partial charge in [-0.25, -0.2) is 9.48 Å². The van der Waals surface area contributed by atoms with E-state index in [-0.39, 0.29) is 0 Å². The van der Waals surface area contributed by atoms with Crippen LogP contribution in [0.15, 0.2) is 58.9 Å². The van der Waals surface area contributed by atoms with Crippen LogP contribution in [0.1, 0.15) is 44.4 Å². The average Bonchev–Trinajstić information content (AvgIpc) is 3.28. The Morgan fingerprint density at radius 1 is 1.19 bits per heavy atom. The number of anilines is 1. The number of hydrogen-bond acceptors (Lipinski definition) is 8. The second-order valence-electron chi connectivity index (χ2n) is 8.09. The summed E-state index contributed by atoms with van der Waals surface area (Å²) in [4.78, 5) is 17.8. The van der Waals surface area contributed by atoms with Crippen molar-refractivity contribution in [3.63, 3.8) is 0 Å². The SMILES string of the molecule is CCCOC(=O)C1=C(C)Nc2nc(SCC)nn2C1c1ccc(OCc2ccccc2Cl)c(OC)c1. The highest BCUT2D eigenvalue weighted by molar-refractivity contribution is 7.99. The van der Waals surface area contributed by atoms with Gasteiger partial charge in [-0.3, -0.25) is 0 Å². The molecule has 0 aliphatic carbocycles. The van der Waals surface area contributed by atoms with Crippen molar-refractivity contribution in [2.45, 2.75) is 45.0 Å². The fourth-order valence-corrected chi connectivity index (χ4v) is 4.66. The number of thioether (sulfide) groups is 1. The first-order chi connectivity index (χ1) is 17.5. The first-order valence-electron chi connectivity index (χ1n) is 11.7. The maximum atomic E-state index is 13.2. The van der Waals surface area contributed by atoms with Crippen LogP contribution < -0.4 is 14.8 Å². The number of esters is 1. The van der Waals surface area contributed by atoms with Gasteiger partial charge in [-0.05, 0) is 42.9 Å². The normalized spacial score (nSPS) is 14.8. The summed E-state index contributed by atoms with van der Waals surface area (Å²) in [7, 11) is 1.58. The minimum atomic E-state index is -0.546. The van der Waals surface area contributed by atoms with Crippen LogP contribution in [0.3, 0.4) is 0 Å². The topological polar surface area (TPSA) is 87.5 Å². The van der Waals surface area contributed by atoms with E-state index in [4.69, 9.17) is 25.8 Å². The van der Waals surface area contributed by atoms with Gasteiger partial charge < -0.3 is 19.5 Å². The van der Waals surface area contributed by atoms with E-state index < -0.39 is 12.0 Å². The molecule has 10 heteroatoms. The van der Waals surface area contributed by atoms with E-state index in [0.717, 1.165) is 23.3 Å². The van der Waals surface area contributed by atoms with Gasteiger partial charge in [-0.1, -0.05) is 61.5 Å². The number of ether oxygens (including phenoxy) is 3. The number of nitrogens with one attached hydrogen (secondary N) is 1. The van der Waals surface area contributed by atoms with Crippen molar-refractivity contribution in [3.05, 3.63) is 69.9 Å². The molecular formula is C26H29ClN4O4S. The summed E-state index contributed by atoms with van der Waals surface area (Å²) in [6.07, 6.45) is 0.729. The molecule has 1 aliphatic heterocycles. The second kappa shape index (κ2) is 11.7. The fraction of sp³-hybridized carbons (Fsp3) is 0.346. The van der Waals surface area contributed by atoms with Crippen molar-refractivity contribution >= 4 is 35.3 Å². The molecule has 2 aromatic carbocycles. The molecule has 1 N–H and O–H groups in total. The monoisotopic (exact) mass is 528 g/mol. The Labute approximate surface area is 220 Å². The summed E-state index contributed by atoms with van der Waals surface area (Å²) in [5.41, 5.74) is 2.81. The van der Waals surface area contributed by atoms with E-state index >= 15 is 0 Å². The molecule has 1 unspecified atom stereocenters. The summed E-state index contributed by atoms with van der Waals surface area (Å²) in [5.74, 6) is 2.10. The largest absolute Gasteiger partial charge is 0.493 e. The van der Waals surface area contributed by atoms with Gasteiger partial charge in [0, 0.05) is 16.3 Å². The predicted molar refractivity (Wildman–Crippen MR) is 141 cm³/mol. The van der Waals surface area contributed by atoms with Gasteiger partial charge in [0.15, 0.2) is 11.5 Å². The van der Waals surface area contributed by atoms with Gasteiger partial charge in [0.05, 0.1) is 19.3 Å². The summed E-state index contributed by atoms with van der Waals surface area (Å²) >= 11 is 7.81. The van der Waals surface area contributed by atoms with Gasteiger partial charge in [-0.2, -0.15) is 4.98 Å². The number of fused-ring (bicyclic) bond motifs is 1. The Morgan fingerprint density at radius 2 is 2.00 bits per heavy atom. The number of methoxy groups -OCH3 is 1. The van der Waals surface area contributed by atoms with Crippen molar-refractivity contribution < 1.29 is 19.0 Å². The summed E-state index contributed by atoms with van der Waals surface area (Å²) in [6, 6.07) is 12.6. The Kier molecular flexibility index (Phi) is 8.43. The number of allylic oxidation sites excluding steroid dienone is 1. The van der Waals surface area contributed by atoms with E-state index in [2.05, 4.69) is 15.4 Å². The minimum absolute atomic E-state index is 0.293. The number of aromatic nitrogens is 3. The Hall–Kier alpha value is -3.17. The molecule has 0 spiro atoms. The van der Waals surface area contributed by atoms with E-state index in [1.54, 1.807) is 11.8 Å². The first kappa shape index (κ1) is 25.9. The molecule has 0 saturated heterocycles. The van der Waals surface area contributed by atoms with Crippen LogP contribution in [0.4, 0.5) is 5.95 Å². The zero-order valence-corrected chi connectivity index (χ0v) is 22.3. The van der Waals surface area contributed by atoms with Crippen LogP contribution in [0, 0.1) is 0 Å². The van der Waals surface area contributed by atoms with Crippen LogP contribution >= 0.6 is 23.4 Å². The second-order valence-corrected chi connectivity index (χ2v) is 9.73. The van der Waals surface area contributed by atoms with Crippen LogP contribution in [0.25, 0.3) is 0 Å². The number of halogens is 1. The van der Waals surface area contributed by atoms with Crippen LogP contribution in [-0.2, 0) is 16.1 Å². The van der Waals surface area contributed by atoms with Crippen molar-refractivity contribution in [2.24, 2.45) is 0 Å². The lowest BCUT2D eigenvalue weighted by molar-refractivity contribution is -0.139. The average molecular weight is 529 g/mol. The molecule has 4 rings (SSSR count). The summed E-state index contributed by atoms with van der Waals surface area (Å²) in [6.45, 7) is 6.47. The number of carbonyl (C=O) groups is 1. The molecule has 1 aliphatic rings. The number of carbonyl (C=O) groups excluding carboxylic acids is 1. The summed E-state index contributed by atoms with van der Waals surface area (Å²) < 4.78 is 18.9. The van der Waals surface area contributed by atoms with Gasteiger partial charge in [0.1, 0.15) is 12.6 Å². The molecule has 190 valence electrons. The number of rotatable bonds is 10. The standard InChI is InChI=1S/C26H29ClN4O4S/c1-5-13-34-24(32)22-16(3)28-25-29-26(36-6-2)30-31(25)23(22)17-11-12-20(21(14-17)33-4)35-15-18-9-7-8-10-19(18)27/h7-12,14,23H,5-6,13,15H2,1-4H3,(H,28,29,30). The van der Waals surface area contributed by atoms with Gasteiger partial charge in [0.2, 0.25) is 11.1 Å². The molecule has 1 aromatic heterocycles. The van der Waals surface area contributed by atoms with Crippen LogP contribution in [0.5, 0.6) is 11.5 Å². The molecule has 1 atom stereocenters. The van der Waals surface area contributed by atoms with Crippen LogP contribution in [0.2, 0.25) is 5.02 Å². The fourth-order valence-electron chi connectivity index (χ4n) is 3.91. The van der Waals surface area contributed by atoms with Gasteiger partial charge in [-0.15, -0.1) is 5.10 Å². The molecule has 2 heterocycles. The highest BCUT2D eigenvalue weighted by atomic mass is 35.5. The van der Waals surface area contributed by atoms with Crippen molar-refractivity contribution in [1.29, 1.82) is 0 Å². The molecule has 0 amide bonds. The molecule has 0 radical (unpaired) electrons.